The molecule has 7 nitrogen and oxygen atoms in total. The van der Waals surface area contributed by atoms with Gasteiger partial charge in [-0.2, -0.15) is 0 Å². The molecule has 26 heavy (non-hydrogen) atoms. The molecule has 2 aromatic carbocycles. The number of nitrogens with one attached hydrogen (secondary N) is 2. The zero-order valence-electron chi connectivity index (χ0n) is 14.1. The van der Waals surface area contributed by atoms with E-state index in [1.807, 2.05) is 48.5 Å². The minimum Gasteiger partial charge on any atom is -0.454 e. The molecule has 1 unspecified atom stereocenters. The summed E-state index contributed by atoms with van der Waals surface area (Å²) in [6, 6.07) is 14.5. The number of benzene rings is 2. The molecular weight excluding hydrogens is 334 g/mol. The fraction of sp³-hybridized carbons (Fsp3) is 0.263. The Balaban J connectivity index is 1.32. The van der Waals surface area contributed by atoms with E-state index in [1.54, 1.807) is 4.90 Å². The van der Waals surface area contributed by atoms with Crippen LogP contribution < -0.4 is 20.1 Å². The van der Waals surface area contributed by atoms with Crippen molar-refractivity contribution in [2.24, 2.45) is 0 Å². The van der Waals surface area contributed by atoms with Crippen molar-refractivity contribution in [3.63, 3.8) is 0 Å². The summed E-state index contributed by atoms with van der Waals surface area (Å²) < 4.78 is 10.6. The van der Waals surface area contributed by atoms with E-state index in [0.29, 0.717) is 31.1 Å². The van der Waals surface area contributed by atoms with Crippen LogP contribution in [-0.2, 0) is 17.9 Å². The molecule has 2 heterocycles. The fourth-order valence-electron chi connectivity index (χ4n) is 3.04. The summed E-state index contributed by atoms with van der Waals surface area (Å²) in [5.41, 5.74) is 1.94. The fourth-order valence-corrected chi connectivity index (χ4v) is 3.04. The molecule has 2 aromatic rings. The standard InChI is InChI=1S/C19H19N3O4/c23-18(20-9-14-6-7-16-17(8-14)26-12-25-16)15-11-22(19(24)21-15)10-13-4-2-1-3-5-13/h1-8,15H,9-12H2,(H,20,23)(H,21,24). The van der Waals surface area contributed by atoms with Crippen LogP contribution in [0.15, 0.2) is 48.5 Å². The van der Waals surface area contributed by atoms with E-state index < -0.39 is 6.04 Å². The van der Waals surface area contributed by atoms with Crippen molar-refractivity contribution in [1.82, 2.24) is 15.5 Å². The molecular formula is C19H19N3O4. The molecule has 0 spiro atoms. The van der Waals surface area contributed by atoms with Crippen molar-refractivity contribution in [3.8, 4) is 11.5 Å². The molecule has 2 aliphatic heterocycles. The highest BCUT2D eigenvalue weighted by Gasteiger charge is 2.33. The van der Waals surface area contributed by atoms with Gasteiger partial charge >= 0.3 is 6.03 Å². The van der Waals surface area contributed by atoms with Gasteiger partial charge in [-0.15, -0.1) is 0 Å². The first-order valence-electron chi connectivity index (χ1n) is 8.44. The highest BCUT2D eigenvalue weighted by Crippen LogP contribution is 2.32. The number of rotatable bonds is 5. The molecule has 0 saturated carbocycles. The lowest BCUT2D eigenvalue weighted by molar-refractivity contribution is -0.122. The minimum atomic E-state index is -0.555. The number of fused-ring (bicyclic) bond motifs is 1. The summed E-state index contributed by atoms with van der Waals surface area (Å²) in [6.07, 6.45) is 0. The van der Waals surface area contributed by atoms with Gasteiger partial charge in [0.05, 0.1) is 6.54 Å². The Morgan fingerprint density at radius 3 is 2.77 bits per heavy atom. The van der Waals surface area contributed by atoms with Crippen LogP contribution in [-0.4, -0.2) is 36.2 Å². The third-order valence-corrected chi connectivity index (χ3v) is 4.42. The van der Waals surface area contributed by atoms with Crippen LogP contribution in [0.1, 0.15) is 11.1 Å². The van der Waals surface area contributed by atoms with Crippen molar-refractivity contribution >= 4 is 11.9 Å². The van der Waals surface area contributed by atoms with Gasteiger partial charge in [0.1, 0.15) is 6.04 Å². The van der Waals surface area contributed by atoms with Crippen molar-refractivity contribution in [1.29, 1.82) is 0 Å². The molecule has 3 amide bonds. The van der Waals surface area contributed by atoms with E-state index in [4.69, 9.17) is 9.47 Å². The van der Waals surface area contributed by atoms with Gasteiger partial charge in [-0.05, 0) is 23.3 Å². The predicted octanol–water partition coefficient (Wildman–Crippen LogP) is 1.63. The van der Waals surface area contributed by atoms with Crippen molar-refractivity contribution < 1.29 is 19.1 Å². The number of hydrogen-bond acceptors (Lipinski definition) is 4. The molecule has 7 heteroatoms. The van der Waals surface area contributed by atoms with E-state index >= 15 is 0 Å². The number of amides is 3. The molecule has 134 valence electrons. The SMILES string of the molecule is O=C(NCc1ccc2c(c1)OCO2)C1CN(Cc2ccccc2)C(=O)N1. The predicted molar refractivity (Wildman–Crippen MR) is 93.6 cm³/mol. The molecule has 0 aliphatic carbocycles. The molecule has 0 bridgehead atoms. The summed E-state index contributed by atoms with van der Waals surface area (Å²) in [5.74, 6) is 1.19. The second kappa shape index (κ2) is 6.95. The summed E-state index contributed by atoms with van der Waals surface area (Å²) in [4.78, 5) is 26.1. The van der Waals surface area contributed by atoms with Gasteiger partial charge < -0.3 is 25.0 Å². The number of nitrogens with zero attached hydrogens (tertiary/aromatic N) is 1. The molecule has 0 radical (unpaired) electrons. The van der Waals surface area contributed by atoms with E-state index in [9.17, 15) is 9.59 Å². The van der Waals surface area contributed by atoms with Crippen molar-refractivity contribution in [2.75, 3.05) is 13.3 Å². The first-order valence-corrected chi connectivity index (χ1v) is 8.44. The van der Waals surface area contributed by atoms with Crippen LogP contribution >= 0.6 is 0 Å². The van der Waals surface area contributed by atoms with Crippen LogP contribution in [0.3, 0.4) is 0 Å². The van der Waals surface area contributed by atoms with Gasteiger partial charge in [0.2, 0.25) is 12.7 Å². The van der Waals surface area contributed by atoms with Gasteiger partial charge in [0.15, 0.2) is 11.5 Å². The third kappa shape index (κ3) is 3.42. The zero-order chi connectivity index (χ0) is 17.9. The van der Waals surface area contributed by atoms with E-state index in [-0.39, 0.29) is 18.7 Å². The van der Waals surface area contributed by atoms with E-state index in [0.717, 1.165) is 11.1 Å². The van der Waals surface area contributed by atoms with E-state index in [1.165, 1.54) is 0 Å². The quantitative estimate of drug-likeness (QED) is 0.856. The second-order valence-corrected chi connectivity index (χ2v) is 6.27. The Bertz CT molecular complexity index is 825. The lowest BCUT2D eigenvalue weighted by Gasteiger charge is -2.14. The minimum absolute atomic E-state index is 0.202. The number of hydrogen-bond donors (Lipinski definition) is 2. The van der Waals surface area contributed by atoms with Gasteiger partial charge in [0.25, 0.3) is 0 Å². The molecule has 1 fully saturated rings. The third-order valence-electron chi connectivity index (χ3n) is 4.42. The largest absolute Gasteiger partial charge is 0.454 e. The van der Waals surface area contributed by atoms with Gasteiger partial charge in [0, 0.05) is 13.1 Å². The Labute approximate surface area is 150 Å². The first-order chi connectivity index (χ1) is 12.7. The lowest BCUT2D eigenvalue weighted by Crippen LogP contribution is -2.42. The maximum absolute atomic E-state index is 12.4. The highest BCUT2D eigenvalue weighted by atomic mass is 16.7. The monoisotopic (exact) mass is 353 g/mol. The highest BCUT2D eigenvalue weighted by molar-refractivity contribution is 5.90. The normalized spacial score (nSPS) is 17.9. The van der Waals surface area contributed by atoms with Gasteiger partial charge in [-0.25, -0.2) is 4.79 Å². The Morgan fingerprint density at radius 2 is 1.92 bits per heavy atom. The lowest BCUT2D eigenvalue weighted by atomic mass is 10.2. The maximum Gasteiger partial charge on any atom is 0.318 e. The van der Waals surface area contributed by atoms with Gasteiger partial charge in [-0.3, -0.25) is 4.79 Å². The van der Waals surface area contributed by atoms with Crippen molar-refractivity contribution in [2.45, 2.75) is 19.1 Å². The topological polar surface area (TPSA) is 79.9 Å². The van der Waals surface area contributed by atoms with E-state index in [2.05, 4.69) is 10.6 Å². The van der Waals surface area contributed by atoms with Crippen LogP contribution in [0.25, 0.3) is 0 Å². The molecule has 0 aromatic heterocycles. The molecule has 2 aliphatic rings. The summed E-state index contributed by atoms with van der Waals surface area (Å²) in [7, 11) is 0. The molecule has 1 saturated heterocycles. The summed E-state index contributed by atoms with van der Waals surface area (Å²) in [6.45, 7) is 1.41. The van der Waals surface area contributed by atoms with Crippen LogP contribution in [0, 0.1) is 0 Å². The number of carbonyl (C=O) groups is 2. The van der Waals surface area contributed by atoms with Crippen molar-refractivity contribution in [3.05, 3.63) is 59.7 Å². The molecule has 4 rings (SSSR count). The van der Waals surface area contributed by atoms with Crippen LogP contribution in [0.4, 0.5) is 4.79 Å². The average molecular weight is 353 g/mol. The Hall–Kier alpha value is -3.22. The maximum atomic E-state index is 12.4. The number of carbonyl (C=O) groups excluding carboxylic acids is 2. The molecule has 1 atom stereocenters. The Kier molecular flexibility index (Phi) is 4.35. The Morgan fingerprint density at radius 1 is 1.12 bits per heavy atom. The number of urea groups is 1. The van der Waals surface area contributed by atoms with Gasteiger partial charge in [-0.1, -0.05) is 36.4 Å². The number of ether oxygens (including phenoxy) is 2. The van der Waals surface area contributed by atoms with Crippen LogP contribution in [0.2, 0.25) is 0 Å². The first kappa shape index (κ1) is 16.3. The smallest absolute Gasteiger partial charge is 0.318 e. The summed E-state index contributed by atoms with van der Waals surface area (Å²) >= 11 is 0. The molecule has 2 N–H and O–H groups in total. The second-order valence-electron chi connectivity index (χ2n) is 6.27. The summed E-state index contributed by atoms with van der Waals surface area (Å²) in [5, 5.41) is 5.59. The zero-order valence-corrected chi connectivity index (χ0v) is 14.1. The average Bonchev–Trinajstić information content (AvgIpc) is 3.27. The van der Waals surface area contributed by atoms with Crippen LogP contribution in [0.5, 0.6) is 11.5 Å².